The summed E-state index contributed by atoms with van der Waals surface area (Å²) in [5.41, 5.74) is 1.49. The third kappa shape index (κ3) is 4.24. The number of nitrogens with one attached hydrogen (secondary N) is 1. The standard InChI is InChI=1S/C21H27FN4O2/c1-3-4-12-25(2)21(28)19-24-18(17-11-7-8-13-26(17)19)20(27)23-14-15-9-5-6-10-16(15)22/h5-6,9-10H,3-4,7-8,11-14H2,1-2H3,(H,23,27). The number of unbranched alkanes of at least 4 members (excludes halogenated alkanes) is 1. The average Bonchev–Trinajstić information content (AvgIpc) is 3.10. The summed E-state index contributed by atoms with van der Waals surface area (Å²) in [6.45, 7) is 3.50. The van der Waals surface area contributed by atoms with Gasteiger partial charge in [-0.3, -0.25) is 9.59 Å². The molecule has 150 valence electrons. The molecular weight excluding hydrogens is 359 g/mol. The van der Waals surface area contributed by atoms with Gasteiger partial charge in [-0.25, -0.2) is 9.37 Å². The zero-order valence-electron chi connectivity index (χ0n) is 16.5. The molecule has 0 fully saturated rings. The summed E-state index contributed by atoms with van der Waals surface area (Å²) >= 11 is 0. The fourth-order valence-corrected chi connectivity index (χ4v) is 3.46. The van der Waals surface area contributed by atoms with Crippen LogP contribution < -0.4 is 5.32 Å². The van der Waals surface area contributed by atoms with Gasteiger partial charge in [0.1, 0.15) is 11.5 Å². The van der Waals surface area contributed by atoms with Crippen LogP contribution in [0, 0.1) is 5.82 Å². The van der Waals surface area contributed by atoms with Gasteiger partial charge in [0.05, 0.1) is 5.69 Å². The van der Waals surface area contributed by atoms with Crippen molar-refractivity contribution in [2.24, 2.45) is 0 Å². The number of nitrogens with zero attached hydrogens (tertiary/aromatic N) is 3. The maximum Gasteiger partial charge on any atom is 0.289 e. The van der Waals surface area contributed by atoms with Gasteiger partial charge in [-0.2, -0.15) is 0 Å². The van der Waals surface area contributed by atoms with Crippen molar-refractivity contribution in [2.75, 3.05) is 13.6 Å². The number of halogens is 1. The number of rotatable bonds is 7. The molecule has 0 spiro atoms. The molecule has 6 nitrogen and oxygen atoms in total. The lowest BCUT2D eigenvalue weighted by atomic mass is 10.1. The lowest BCUT2D eigenvalue weighted by Crippen LogP contribution is -2.31. The van der Waals surface area contributed by atoms with Gasteiger partial charge in [0, 0.05) is 32.2 Å². The summed E-state index contributed by atoms with van der Waals surface area (Å²) in [6, 6.07) is 6.34. The molecule has 0 saturated heterocycles. The maximum absolute atomic E-state index is 13.8. The van der Waals surface area contributed by atoms with Crippen LogP contribution in [0.2, 0.25) is 0 Å². The summed E-state index contributed by atoms with van der Waals surface area (Å²) in [6.07, 6.45) is 4.55. The summed E-state index contributed by atoms with van der Waals surface area (Å²) in [5, 5.41) is 2.74. The molecule has 0 unspecified atom stereocenters. The summed E-state index contributed by atoms with van der Waals surface area (Å²) in [7, 11) is 1.76. The van der Waals surface area contributed by atoms with Gasteiger partial charge < -0.3 is 14.8 Å². The quantitative estimate of drug-likeness (QED) is 0.795. The first-order valence-electron chi connectivity index (χ1n) is 9.89. The Balaban J connectivity index is 1.81. The number of fused-ring (bicyclic) bond motifs is 1. The van der Waals surface area contributed by atoms with Crippen LogP contribution in [0.3, 0.4) is 0 Å². The number of carbonyl (C=O) groups excluding carboxylic acids is 2. The lowest BCUT2D eigenvalue weighted by molar-refractivity contribution is 0.0775. The van der Waals surface area contributed by atoms with Gasteiger partial charge in [0.2, 0.25) is 0 Å². The highest BCUT2D eigenvalue weighted by atomic mass is 19.1. The molecule has 1 aliphatic rings. The Hall–Kier alpha value is -2.70. The molecule has 1 aliphatic heterocycles. The molecule has 3 rings (SSSR count). The largest absolute Gasteiger partial charge is 0.346 e. The van der Waals surface area contributed by atoms with E-state index in [0.717, 1.165) is 31.4 Å². The molecule has 1 N–H and O–H groups in total. The first-order valence-corrected chi connectivity index (χ1v) is 9.89. The van der Waals surface area contributed by atoms with Crippen LogP contribution in [0.1, 0.15) is 65.0 Å². The van der Waals surface area contributed by atoms with Gasteiger partial charge >= 0.3 is 0 Å². The zero-order valence-corrected chi connectivity index (χ0v) is 16.5. The van der Waals surface area contributed by atoms with E-state index >= 15 is 0 Å². The van der Waals surface area contributed by atoms with Crippen molar-refractivity contribution in [3.8, 4) is 0 Å². The van der Waals surface area contributed by atoms with E-state index in [2.05, 4.69) is 17.2 Å². The molecule has 2 aromatic rings. The topological polar surface area (TPSA) is 67.2 Å². The van der Waals surface area contributed by atoms with E-state index in [1.807, 2.05) is 4.57 Å². The summed E-state index contributed by atoms with van der Waals surface area (Å²) in [5.74, 6) is -0.568. The highest BCUT2D eigenvalue weighted by molar-refractivity contribution is 5.97. The van der Waals surface area contributed by atoms with Gasteiger partial charge in [-0.05, 0) is 31.7 Å². The third-order valence-electron chi connectivity index (χ3n) is 5.12. The molecule has 0 bridgehead atoms. The Bertz CT molecular complexity index is 862. The van der Waals surface area contributed by atoms with Gasteiger partial charge in [0.25, 0.3) is 11.8 Å². The highest BCUT2D eigenvalue weighted by Crippen LogP contribution is 2.22. The molecule has 7 heteroatoms. The number of amides is 2. The van der Waals surface area contributed by atoms with E-state index in [1.54, 1.807) is 30.1 Å². The van der Waals surface area contributed by atoms with Crippen molar-refractivity contribution in [1.29, 1.82) is 0 Å². The van der Waals surface area contributed by atoms with Crippen LogP contribution in [0.15, 0.2) is 24.3 Å². The van der Waals surface area contributed by atoms with Crippen LogP contribution in [-0.2, 0) is 19.5 Å². The SMILES string of the molecule is CCCCN(C)C(=O)c1nc(C(=O)NCc2ccccc2F)c2n1CCCC2. The summed E-state index contributed by atoms with van der Waals surface area (Å²) < 4.78 is 15.7. The molecule has 0 saturated carbocycles. The Morgan fingerprint density at radius 3 is 2.82 bits per heavy atom. The van der Waals surface area contributed by atoms with Crippen molar-refractivity contribution in [2.45, 2.75) is 52.1 Å². The Morgan fingerprint density at radius 2 is 2.07 bits per heavy atom. The maximum atomic E-state index is 13.8. The number of benzene rings is 1. The fourth-order valence-electron chi connectivity index (χ4n) is 3.46. The molecule has 0 radical (unpaired) electrons. The highest BCUT2D eigenvalue weighted by Gasteiger charge is 2.28. The number of hydrogen-bond acceptors (Lipinski definition) is 3. The van der Waals surface area contributed by atoms with Crippen LogP contribution in [0.25, 0.3) is 0 Å². The van der Waals surface area contributed by atoms with E-state index in [4.69, 9.17) is 0 Å². The van der Waals surface area contributed by atoms with E-state index in [-0.39, 0.29) is 29.9 Å². The Morgan fingerprint density at radius 1 is 1.29 bits per heavy atom. The number of aromatic nitrogens is 2. The predicted octanol–water partition coefficient (Wildman–Crippen LogP) is 3.16. The zero-order chi connectivity index (χ0) is 20.1. The van der Waals surface area contributed by atoms with Gasteiger partial charge in [-0.15, -0.1) is 0 Å². The number of carbonyl (C=O) groups is 2. The van der Waals surface area contributed by atoms with Crippen molar-refractivity contribution in [1.82, 2.24) is 19.8 Å². The van der Waals surface area contributed by atoms with Crippen LogP contribution >= 0.6 is 0 Å². The summed E-state index contributed by atoms with van der Waals surface area (Å²) in [4.78, 5) is 31.7. The second-order valence-corrected chi connectivity index (χ2v) is 7.19. The van der Waals surface area contributed by atoms with E-state index in [0.29, 0.717) is 30.9 Å². The Kier molecular flexibility index (Phi) is 6.44. The second kappa shape index (κ2) is 8.99. The Labute approximate surface area is 164 Å². The van der Waals surface area contributed by atoms with Gasteiger partial charge in [0.15, 0.2) is 5.82 Å². The molecule has 0 aliphatic carbocycles. The molecule has 28 heavy (non-hydrogen) atoms. The number of hydrogen-bond donors (Lipinski definition) is 1. The van der Waals surface area contributed by atoms with Crippen molar-refractivity contribution < 1.29 is 14.0 Å². The van der Waals surface area contributed by atoms with Gasteiger partial charge in [-0.1, -0.05) is 31.5 Å². The van der Waals surface area contributed by atoms with Crippen LogP contribution in [0.4, 0.5) is 4.39 Å². The van der Waals surface area contributed by atoms with Crippen molar-refractivity contribution in [3.63, 3.8) is 0 Å². The van der Waals surface area contributed by atoms with E-state index in [9.17, 15) is 14.0 Å². The second-order valence-electron chi connectivity index (χ2n) is 7.19. The first kappa shape index (κ1) is 20.0. The molecule has 2 amide bonds. The van der Waals surface area contributed by atoms with Crippen LogP contribution in [0.5, 0.6) is 0 Å². The van der Waals surface area contributed by atoms with Crippen LogP contribution in [-0.4, -0.2) is 39.9 Å². The fraction of sp³-hybridized carbons (Fsp3) is 0.476. The molecule has 0 atom stereocenters. The molecular formula is C21H27FN4O2. The molecule has 2 heterocycles. The van der Waals surface area contributed by atoms with E-state index in [1.165, 1.54) is 6.07 Å². The molecule has 1 aromatic heterocycles. The first-order chi connectivity index (χ1) is 13.5. The normalized spacial score (nSPS) is 13.1. The minimum atomic E-state index is -0.371. The minimum absolute atomic E-state index is 0.0808. The molecule has 1 aromatic carbocycles. The lowest BCUT2D eigenvalue weighted by Gasteiger charge is -2.20. The number of imidazole rings is 1. The average molecular weight is 386 g/mol. The smallest absolute Gasteiger partial charge is 0.289 e. The van der Waals surface area contributed by atoms with Crippen molar-refractivity contribution >= 4 is 11.8 Å². The minimum Gasteiger partial charge on any atom is -0.346 e. The predicted molar refractivity (Wildman–Crippen MR) is 105 cm³/mol. The monoisotopic (exact) mass is 386 g/mol. The van der Waals surface area contributed by atoms with Crippen molar-refractivity contribution in [3.05, 3.63) is 52.9 Å². The van der Waals surface area contributed by atoms with E-state index < -0.39 is 0 Å². The third-order valence-corrected chi connectivity index (χ3v) is 5.12.